The summed E-state index contributed by atoms with van der Waals surface area (Å²) in [6.07, 6.45) is 4.10. The first-order valence-electron chi connectivity index (χ1n) is 10.4. The number of rotatable bonds is 3. The van der Waals surface area contributed by atoms with Crippen molar-refractivity contribution in [2.45, 2.75) is 18.5 Å². The molecule has 2 aliphatic rings. The van der Waals surface area contributed by atoms with Crippen molar-refractivity contribution in [3.63, 3.8) is 0 Å². The third kappa shape index (κ3) is 3.33. The fraction of sp³-hybridized carbons (Fsp3) is 0.240. The summed E-state index contributed by atoms with van der Waals surface area (Å²) in [5.41, 5.74) is 5.26. The van der Waals surface area contributed by atoms with E-state index in [1.807, 2.05) is 41.3 Å². The molecule has 0 radical (unpaired) electrons. The number of nitrogens with one attached hydrogen (secondary N) is 1. The zero-order valence-electron chi connectivity index (χ0n) is 16.9. The highest BCUT2D eigenvalue weighted by Gasteiger charge is 2.45. The number of amides is 1. The third-order valence-corrected chi connectivity index (χ3v) is 6.39. The number of hydrogen-bond acceptors (Lipinski definition) is 5. The van der Waals surface area contributed by atoms with Crippen LogP contribution in [0.2, 0.25) is 0 Å². The van der Waals surface area contributed by atoms with Crippen molar-refractivity contribution in [2.75, 3.05) is 18.5 Å². The van der Waals surface area contributed by atoms with Crippen LogP contribution in [0.5, 0.6) is 0 Å². The minimum absolute atomic E-state index is 0.0207. The van der Waals surface area contributed by atoms with Gasteiger partial charge in [-0.05, 0) is 59.5 Å². The van der Waals surface area contributed by atoms with Crippen LogP contribution >= 0.6 is 0 Å². The van der Waals surface area contributed by atoms with Gasteiger partial charge in [-0.15, -0.1) is 0 Å². The average molecular weight is 410 g/mol. The van der Waals surface area contributed by atoms with E-state index in [-0.39, 0.29) is 30.5 Å². The van der Waals surface area contributed by atoms with Crippen LogP contribution in [-0.2, 0) is 0 Å². The molecule has 3 atom stereocenters. The van der Waals surface area contributed by atoms with E-state index in [1.165, 1.54) is 0 Å². The lowest BCUT2D eigenvalue weighted by Crippen LogP contribution is -2.42. The van der Waals surface area contributed by atoms with Crippen LogP contribution in [0.1, 0.15) is 33.9 Å². The maximum Gasteiger partial charge on any atom is 0.255 e. The van der Waals surface area contributed by atoms with E-state index >= 15 is 0 Å². The smallest absolute Gasteiger partial charge is 0.255 e. The Balaban J connectivity index is 1.56. The number of hydrogen-bond donors (Lipinski definition) is 2. The lowest BCUT2D eigenvalue weighted by Gasteiger charge is -2.39. The second-order valence-corrected chi connectivity index (χ2v) is 8.06. The molecule has 154 valence electrons. The summed E-state index contributed by atoms with van der Waals surface area (Å²) in [5.74, 6) is 0.100. The monoisotopic (exact) mass is 410 g/mol. The third-order valence-electron chi connectivity index (χ3n) is 6.39. The van der Waals surface area contributed by atoms with Gasteiger partial charge in [0.2, 0.25) is 0 Å². The van der Waals surface area contributed by atoms with Crippen molar-refractivity contribution >= 4 is 11.6 Å². The van der Waals surface area contributed by atoms with Crippen molar-refractivity contribution in [1.82, 2.24) is 9.88 Å². The first-order chi connectivity index (χ1) is 15.2. The molecule has 0 aliphatic carbocycles. The number of nitrogens with zero attached hydrogens (tertiary/aromatic N) is 3. The minimum atomic E-state index is -0.112. The predicted octanol–water partition coefficient (Wildman–Crippen LogP) is 3.61. The molecular weight excluding hydrogens is 388 g/mol. The van der Waals surface area contributed by atoms with Crippen LogP contribution in [0.25, 0.3) is 11.1 Å². The molecule has 2 aliphatic heterocycles. The second kappa shape index (κ2) is 7.86. The topological polar surface area (TPSA) is 89.2 Å². The molecule has 1 saturated heterocycles. The largest absolute Gasteiger partial charge is 0.394 e. The number of pyridine rings is 1. The van der Waals surface area contributed by atoms with Gasteiger partial charge in [-0.25, -0.2) is 0 Å². The number of aliphatic hydroxyl groups excluding tert-OH is 1. The standard InChI is InChI=1S/C25H22N4O2/c26-13-16-3-5-17(6-4-16)18-7-8-22-21(12-18)24-20(23(15-30)28-22)9-11-29(24)25(31)19-2-1-10-27-14-19/h1-8,10,12,14,20,23-24,28,30H,9,11,15H2/t20-,23-,24-/m1/s1. The van der Waals surface area contributed by atoms with Crippen LogP contribution in [0.3, 0.4) is 0 Å². The van der Waals surface area contributed by atoms with E-state index in [2.05, 4.69) is 22.4 Å². The Hall–Kier alpha value is -3.69. The SMILES string of the molecule is N#Cc1ccc(-c2ccc3c(c2)[C@H]2[C@H](CCN2C(=O)c2cccnc2)[C@@H](CO)N3)cc1. The molecule has 3 heterocycles. The summed E-state index contributed by atoms with van der Waals surface area (Å²) in [6.45, 7) is 0.661. The molecule has 6 nitrogen and oxygen atoms in total. The Morgan fingerprint density at radius 1 is 1.19 bits per heavy atom. The van der Waals surface area contributed by atoms with Gasteiger partial charge < -0.3 is 15.3 Å². The lowest BCUT2D eigenvalue weighted by atomic mass is 9.82. The minimum Gasteiger partial charge on any atom is -0.394 e. The average Bonchev–Trinajstić information content (AvgIpc) is 3.29. The molecule has 2 aromatic carbocycles. The highest BCUT2D eigenvalue weighted by Crippen LogP contribution is 2.47. The van der Waals surface area contributed by atoms with Gasteiger partial charge in [0.25, 0.3) is 5.91 Å². The predicted molar refractivity (Wildman–Crippen MR) is 117 cm³/mol. The number of benzene rings is 2. The summed E-state index contributed by atoms with van der Waals surface area (Å²) in [7, 11) is 0. The summed E-state index contributed by atoms with van der Waals surface area (Å²) < 4.78 is 0. The van der Waals surface area contributed by atoms with E-state index in [0.29, 0.717) is 17.7 Å². The van der Waals surface area contributed by atoms with Gasteiger partial charge in [0.15, 0.2) is 0 Å². The van der Waals surface area contributed by atoms with Gasteiger partial charge in [0, 0.05) is 30.5 Å². The maximum absolute atomic E-state index is 13.3. The Morgan fingerprint density at radius 2 is 2.00 bits per heavy atom. The first kappa shape index (κ1) is 19.3. The van der Waals surface area contributed by atoms with Crippen molar-refractivity contribution in [3.05, 3.63) is 83.7 Å². The van der Waals surface area contributed by atoms with Crippen LogP contribution in [0.4, 0.5) is 5.69 Å². The molecule has 5 rings (SSSR count). The van der Waals surface area contributed by atoms with Crippen LogP contribution < -0.4 is 5.32 Å². The van der Waals surface area contributed by atoms with E-state index in [1.54, 1.807) is 24.5 Å². The molecular formula is C25H22N4O2. The molecule has 6 heteroatoms. The maximum atomic E-state index is 13.3. The van der Waals surface area contributed by atoms with E-state index < -0.39 is 0 Å². The van der Waals surface area contributed by atoms with Gasteiger partial charge >= 0.3 is 0 Å². The zero-order valence-corrected chi connectivity index (χ0v) is 16.9. The summed E-state index contributed by atoms with van der Waals surface area (Å²) in [6, 6.07) is 19.2. The molecule has 1 amide bonds. The normalized spacial score (nSPS) is 21.5. The van der Waals surface area contributed by atoms with E-state index in [0.717, 1.165) is 28.8 Å². The lowest BCUT2D eigenvalue weighted by molar-refractivity contribution is 0.0700. The number of nitriles is 1. The van der Waals surface area contributed by atoms with Crippen LogP contribution in [-0.4, -0.2) is 40.1 Å². The van der Waals surface area contributed by atoms with Crippen molar-refractivity contribution in [1.29, 1.82) is 5.26 Å². The number of anilines is 1. The molecule has 3 aromatic rings. The molecule has 2 N–H and O–H groups in total. The summed E-state index contributed by atoms with van der Waals surface area (Å²) in [4.78, 5) is 19.3. The second-order valence-electron chi connectivity index (χ2n) is 8.06. The Kier molecular flexibility index (Phi) is 4.89. The van der Waals surface area contributed by atoms with E-state index in [4.69, 9.17) is 5.26 Å². The number of aliphatic hydroxyl groups is 1. The highest BCUT2D eigenvalue weighted by atomic mass is 16.3. The highest BCUT2D eigenvalue weighted by molar-refractivity contribution is 5.94. The van der Waals surface area contributed by atoms with Gasteiger partial charge in [-0.2, -0.15) is 5.26 Å². The Labute approximate surface area is 180 Å². The quantitative estimate of drug-likeness (QED) is 0.689. The van der Waals surface area contributed by atoms with Crippen molar-refractivity contribution < 1.29 is 9.90 Å². The molecule has 0 spiro atoms. The van der Waals surface area contributed by atoms with Gasteiger partial charge in [-0.1, -0.05) is 18.2 Å². The molecule has 1 fully saturated rings. The number of carbonyl (C=O) groups is 1. The van der Waals surface area contributed by atoms with Crippen molar-refractivity contribution in [3.8, 4) is 17.2 Å². The summed E-state index contributed by atoms with van der Waals surface area (Å²) in [5, 5.41) is 22.5. The van der Waals surface area contributed by atoms with E-state index in [9.17, 15) is 9.90 Å². The Bertz CT molecular complexity index is 1150. The molecule has 1 aromatic heterocycles. The first-order valence-corrected chi connectivity index (χ1v) is 10.4. The number of fused-ring (bicyclic) bond motifs is 3. The summed E-state index contributed by atoms with van der Waals surface area (Å²) >= 11 is 0. The van der Waals surface area contributed by atoms with Gasteiger partial charge in [0.05, 0.1) is 35.9 Å². The number of carbonyl (C=O) groups excluding carboxylic acids is 1. The molecule has 0 saturated carbocycles. The van der Waals surface area contributed by atoms with Crippen LogP contribution in [0.15, 0.2) is 67.0 Å². The number of likely N-dealkylation sites (tertiary alicyclic amines) is 1. The number of aromatic nitrogens is 1. The van der Waals surface area contributed by atoms with Gasteiger partial charge in [-0.3, -0.25) is 9.78 Å². The fourth-order valence-corrected chi connectivity index (χ4v) is 4.86. The molecule has 0 bridgehead atoms. The molecule has 31 heavy (non-hydrogen) atoms. The fourth-order valence-electron chi connectivity index (χ4n) is 4.86. The molecule has 0 unspecified atom stereocenters. The zero-order chi connectivity index (χ0) is 21.4. The van der Waals surface area contributed by atoms with Crippen molar-refractivity contribution in [2.24, 2.45) is 5.92 Å². The Morgan fingerprint density at radius 3 is 2.71 bits per heavy atom. The van der Waals surface area contributed by atoms with Gasteiger partial charge in [0.1, 0.15) is 0 Å². The van der Waals surface area contributed by atoms with Crippen LogP contribution in [0, 0.1) is 17.2 Å².